The van der Waals surface area contributed by atoms with Gasteiger partial charge < -0.3 is 4.74 Å². The molecule has 1 aliphatic rings. The van der Waals surface area contributed by atoms with Crippen molar-refractivity contribution in [2.24, 2.45) is 11.8 Å². The van der Waals surface area contributed by atoms with Crippen LogP contribution >= 0.6 is 0 Å². The van der Waals surface area contributed by atoms with Gasteiger partial charge in [0.1, 0.15) is 0 Å². The molecule has 0 radical (unpaired) electrons. The Morgan fingerprint density at radius 2 is 1.83 bits per heavy atom. The largest absolute Gasteiger partial charge is 0.381 e. The number of benzene rings is 1. The van der Waals surface area contributed by atoms with Gasteiger partial charge in [0, 0.05) is 19.3 Å². The Balaban J connectivity index is 1.95. The molecule has 1 atom stereocenters. The molecule has 1 saturated heterocycles. The molecule has 1 aromatic carbocycles. The maximum atomic E-state index is 5.72. The number of nitrogens with two attached hydrogens (primary N) is 1. The molecule has 0 saturated carbocycles. The van der Waals surface area contributed by atoms with E-state index in [1.54, 1.807) is 0 Å². The normalized spacial score (nSPS) is 18.8. The maximum Gasteiger partial charge on any atom is 0.0469 e. The highest BCUT2D eigenvalue weighted by Crippen LogP contribution is 2.21. The molecule has 0 spiro atoms. The van der Waals surface area contributed by atoms with Gasteiger partial charge >= 0.3 is 0 Å². The number of hydrogen-bond donors (Lipinski definition) is 2. The van der Waals surface area contributed by atoms with Gasteiger partial charge in [-0.05, 0) is 42.7 Å². The molecule has 0 aliphatic carbocycles. The third-order valence-electron chi connectivity index (χ3n) is 3.94. The number of ether oxygens (including phenoxy) is 1. The SMILES string of the molecule is CCc1ccc(CC(NN)C2CCOCC2)cc1. The average Bonchev–Trinajstić information content (AvgIpc) is 2.46. The first-order chi connectivity index (χ1) is 8.83. The van der Waals surface area contributed by atoms with Crippen LogP contribution in [0.3, 0.4) is 0 Å². The number of rotatable bonds is 5. The third-order valence-corrected chi connectivity index (χ3v) is 3.94. The Morgan fingerprint density at radius 1 is 1.22 bits per heavy atom. The van der Waals surface area contributed by atoms with Gasteiger partial charge in [-0.2, -0.15) is 0 Å². The Bertz CT molecular complexity index is 344. The van der Waals surface area contributed by atoms with Crippen LogP contribution in [0.15, 0.2) is 24.3 Å². The quantitative estimate of drug-likeness (QED) is 0.619. The molecule has 18 heavy (non-hydrogen) atoms. The predicted octanol–water partition coefficient (Wildman–Crippen LogP) is 2.05. The number of nitrogens with one attached hydrogen (secondary N) is 1. The van der Waals surface area contributed by atoms with E-state index >= 15 is 0 Å². The first-order valence-electron chi connectivity index (χ1n) is 6.95. The van der Waals surface area contributed by atoms with Crippen LogP contribution in [0.25, 0.3) is 0 Å². The minimum atomic E-state index is 0.362. The topological polar surface area (TPSA) is 47.3 Å². The van der Waals surface area contributed by atoms with E-state index in [1.165, 1.54) is 11.1 Å². The van der Waals surface area contributed by atoms with Crippen molar-refractivity contribution in [3.63, 3.8) is 0 Å². The van der Waals surface area contributed by atoms with Gasteiger partial charge in [-0.25, -0.2) is 0 Å². The smallest absolute Gasteiger partial charge is 0.0469 e. The fourth-order valence-electron chi connectivity index (χ4n) is 2.64. The fourth-order valence-corrected chi connectivity index (χ4v) is 2.64. The zero-order valence-corrected chi connectivity index (χ0v) is 11.2. The summed E-state index contributed by atoms with van der Waals surface area (Å²) in [7, 11) is 0. The van der Waals surface area contributed by atoms with Gasteiger partial charge in [0.15, 0.2) is 0 Å². The first-order valence-corrected chi connectivity index (χ1v) is 6.95. The standard InChI is InChI=1S/C15H24N2O/c1-2-12-3-5-13(6-4-12)11-15(17-16)14-7-9-18-10-8-14/h3-6,14-15,17H,2,7-11,16H2,1H3. The van der Waals surface area contributed by atoms with Crippen molar-refractivity contribution in [2.45, 2.75) is 38.6 Å². The van der Waals surface area contributed by atoms with Crippen molar-refractivity contribution >= 4 is 0 Å². The number of hydrazine groups is 1. The van der Waals surface area contributed by atoms with Gasteiger partial charge in [-0.1, -0.05) is 31.2 Å². The monoisotopic (exact) mass is 248 g/mol. The van der Waals surface area contributed by atoms with E-state index in [2.05, 4.69) is 36.6 Å². The van der Waals surface area contributed by atoms with Crippen LogP contribution in [0.4, 0.5) is 0 Å². The lowest BCUT2D eigenvalue weighted by molar-refractivity contribution is 0.0538. The zero-order chi connectivity index (χ0) is 12.8. The lowest BCUT2D eigenvalue weighted by atomic mass is 9.88. The van der Waals surface area contributed by atoms with Crippen LogP contribution < -0.4 is 11.3 Å². The molecule has 3 N–H and O–H groups in total. The minimum absolute atomic E-state index is 0.362. The number of hydrogen-bond acceptors (Lipinski definition) is 3. The molecule has 0 amide bonds. The van der Waals surface area contributed by atoms with Gasteiger partial charge in [-0.15, -0.1) is 0 Å². The molecule has 3 heteroatoms. The molecule has 2 rings (SSSR count). The number of aryl methyl sites for hydroxylation is 1. The van der Waals surface area contributed by atoms with Gasteiger partial charge in [0.05, 0.1) is 0 Å². The second kappa shape index (κ2) is 6.88. The predicted molar refractivity (Wildman–Crippen MR) is 74.2 cm³/mol. The van der Waals surface area contributed by atoms with Crippen LogP contribution in [0.2, 0.25) is 0 Å². The summed E-state index contributed by atoms with van der Waals surface area (Å²) in [6.45, 7) is 3.93. The molecular weight excluding hydrogens is 224 g/mol. The molecule has 1 heterocycles. The summed E-state index contributed by atoms with van der Waals surface area (Å²) in [6, 6.07) is 9.24. The molecule has 0 aromatic heterocycles. The van der Waals surface area contributed by atoms with E-state index in [9.17, 15) is 0 Å². The highest BCUT2D eigenvalue weighted by Gasteiger charge is 2.23. The van der Waals surface area contributed by atoms with Crippen LogP contribution in [0.1, 0.15) is 30.9 Å². The summed E-state index contributed by atoms with van der Waals surface area (Å²) in [5.41, 5.74) is 5.75. The van der Waals surface area contributed by atoms with Crippen molar-refractivity contribution in [1.82, 2.24) is 5.43 Å². The van der Waals surface area contributed by atoms with Gasteiger partial charge in [-0.3, -0.25) is 11.3 Å². The Labute approximate surface area is 110 Å². The summed E-state index contributed by atoms with van der Waals surface area (Å²) in [5, 5.41) is 0. The molecule has 1 aliphatic heterocycles. The van der Waals surface area contributed by atoms with E-state index in [0.717, 1.165) is 38.9 Å². The van der Waals surface area contributed by atoms with E-state index < -0.39 is 0 Å². The van der Waals surface area contributed by atoms with Crippen LogP contribution in [-0.4, -0.2) is 19.3 Å². The van der Waals surface area contributed by atoms with Gasteiger partial charge in [0.2, 0.25) is 0 Å². The second-order valence-electron chi connectivity index (χ2n) is 5.10. The lowest BCUT2D eigenvalue weighted by Crippen LogP contribution is -2.44. The highest BCUT2D eigenvalue weighted by molar-refractivity contribution is 5.23. The zero-order valence-electron chi connectivity index (χ0n) is 11.2. The first kappa shape index (κ1) is 13.5. The van der Waals surface area contributed by atoms with Crippen molar-refractivity contribution < 1.29 is 4.74 Å². The van der Waals surface area contributed by atoms with E-state index in [4.69, 9.17) is 10.6 Å². The van der Waals surface area contributed by atoms with Crippen molar-refractivity contribution in [3.8, 4) is 0 Å². The van der Waals surface area contributed by atoms with E-state index in [0.29, 0.717) is 12.0 Å². The second-order valence-corrected chi connectivity index (χ2v) is 5.10. The summed E-state index contributed by atoms with van der Waals surface area (Å²) in [5.74, 6) is 6.35. The van der Waals surface area contributed by atoms with E-state index in [1.807, 2.05) is 0 Å². The fraction of sp³-hybridized carbons (Fsp3) is 0.600. The van der Waals surface area contributed by atoms with Crippen molar-refractivity contribution in [1.29, 1.82) is 0 Å². The molecule has 0 bridgehead atoms. The third kappa shape index (κ3) is 3.55. The van der Waals surface area contributed by atoms with Crippen LogP contribution in [0, 0.1) is 5.92 Å². The molecular formula is C15H24N2O. The Kier molecular flexibility index (Phi) is 5.17. The van der Waals surface area contributed by atoms with Crippen LogP contribution in [-0.2, 0) is 17.6 Å². The van der Waals surface area contributed by atoms with Crippen LogP contribution in [0.5, 0.6) is 0 Å². The Morgan fingerprint density at radius 3 is 2.39 bits per heavy atom. The molecule has 1 aromatic rings. The molecule has 1 unspecified atom stereocenters. The highest BCUT2D eigenvalue weighted by atomic mass is 16.5. The van der Waals surface area contributed by atoms with E-state index in [-0.39, 0.29) is 0 Å². The summed E-state index contributed by atoms with van der Waals surface area (Å²) >= 11 is 0. The van der Waals surface area contributed by atoms with Crippen molar-refractivity contribution in [2.75, 3.05) is 13.2 Å². The Hall–Kier alpha value is -0.900. The van der Waals surface area contributed by atoms with Gasteiger partial charge in [0.25, 0.3) is 0 Å². The molecule has 3 nitrogen and oxygen atoms in total. The summed E-state index contributed by atoms with van der Waals surface area (Å²) in [4.78, 5) is 0. The summed E-state index contributed by atoms with van der Waals surface area (Å²) < 4.78 is 5.41. The summed E-state index contributed by atoms with van der Waals surface area (Å²) in [6.07, 6.45) is 4.33. The minimum Gasteiger partial charge on any atom is -0.381 e. The molecule has 100 valence electrons. The lowest BCUT2D eigenvalue weighted by Gasteiger charge is -2.29. The average molecular weight is 248 g/mol. The van der Waals surface area contributed by atoms with Crippen molar-refractivity contribution in [3.05, 3.63) is 35.4 Å². The maximum absolute atomic E-state index is 5.72. The molecule has 1 fully saturated rings.